The van der Waals surface area contributed by atoms with Gasteiger partial charge >= 0.3 is 12.1 Å². The summed E-state index contributed by atoms with van der Waals surface area (Å²) in [5, 5.41) is 5.31. The fourth-order valence-electron chi connectivity index (χ4n) is 1.28. The first-order chi connectivity index (χ1) is 9.21. The number of benzene rings is 1. The van der Waals surface area contributed by atoms with Crippen LogP contribution in [0.4, 0.5) is 21.0 Å². The summed E-state index contributed by atoms with van der Waals surface area (Å²) in [4.78, 5) is 22.9. The molecule has 1 rings (SSSR count). The highest BCUT2D eigenvalue weighted by molar-refractivity contribution is 7.47. The van der Waals surface area contributed by atoms with Gasteiger partial charge in [-0.2, -0.15) is 0 Å². The second-order valence-corrected chi connectivity index (χ2v) is 5.46. The lowest BCUT2D eigenvalue weighted by Crippen LogP contribution is -2.27. The van der Waals surface area contributed by atoms with E-state index in [9.17, 15) is 9.59 Å². The molecule has 0 spiro atoms. The Morgan fingerprint density at radius 2 is 1.90 bits per heavy atom. The molecule has 0 aliphatic carbocycles. The number of amides is 3. The number of hydrogen-bond acceptors (Lipinski definition) is 4. The minimum atomic E-state index is -0.727. The van der Waals surface area contributed by atoms with E-state index >= 15 is 0 Å². The molecular weight excluding hydrogens is 302 g/mol. The molecule has 0 fully saturated rings. The Morgan fingerprint density at radius 3 is 2.45 bits per heavy atom. The number of ether oxygens (including phenoxy) is 1. The summed E-state index contributed by atoms with van der Waals surface area (Å²) in [7, 11) is 0. The van der Waals surface area contributed by atoms with Crippen LogP contribution in [-0.2, 0) is 17.2 Å². The number of halogens is 1. The molecule has 0 bridgehead atoms. The van der Waals surface area contributed by atoms with Crippen molar-refractivity contribution < 1.29 is 14.3 Å². The zero-order valence-corrected chi connectivity index (χ0v) is 12.8. The maximum Gasteiger partial charge on any atom is 0.412 e. The second-order valence-electron chi connectivity index (χ2n) is 4.84. The predicted octanol–water partition coefficient (Wildman–Crippen LogP) is 3.95. The monoisotopic (exact) mass is 315 g/mol. The molecule has 3 amide bonds. The molecular formula is C12H14ClN3O3S. The van der Waals surface area contributed by atoms with Gasteiger partial charge in [-0.25, -0.2) is 9.59 Å². The topological polar surface area (TPSA) is 79.8 Å². The Kier molecular flexibility index (Phi) is 5.41. The smallest absolute Gasteiger partial charge is 0.412 e. The van der Waals surface area contributed by atoms with Gasteiger partial charge in [0, 0.05) is 17.4 Å². The van der Waals surface area contributed by atoms with E-state index in [1.54, 1.807) is 26.8 Å². The Balaban J connectivity index is 2.91. The lowest BCUT2D eigenvalue weighted by Gasteiger charge is -2.20. The summed E-state index contributed by atoms with van der Waals surface area (Å²) < 4.78 is 8.16. The number of rotatable bonds is 2. The normalized spacial score (nSPS) is 10.6. The Morgan fingerprint density at radius 1 is 1.25 bits per heavy atom. The lowest BCUT2D eigenvalue weighted by molar-refractivity contribution is 0.0636. The van der Waals surface area contributed by atoms with Gasteiger partial charge < -0.3 is 10.1 Å². The molecule has 108 valence electrons. The van der Waals surface area contributed by atoms with E-state index in [-0.39, 0.29) is 5.69 Å². The summed E-state index contributed by atoms with van der Waals surface area (Å²) in [5.74, 6) is 0. The van der Waals surface area contributed by atoms with E-state index in [2.05, 4.69) is 27.4 Å². The molecule has 20 heavy (non-hydrogen) atoms. The number of carbonyl (C=O) groups is 2. The average Bonchev–Trinajstić information content (AvgIpc) is 2.30. The summed E-state index contributed by atoms with van der Waals surface area (Å²) in [6.45, 7) is 5.23. The zero-order valence-electron chi connectivity index (χ0n) is 11.2. The molecule has 0 saturated carbocycles. The van der Waals surface area contributed by atoms with E-state index in [4.69, 9.17) is 16.3 Å². The highest BCUT2D eigenvalue weighted by Crippen LogP contribution is 2.26. The van der Waals surface area contributed by atoms with E-state index in [1.807, 2.05) is 0 Å². The first-order valence-corrected chi connectivity index (χ1v) is 6.39. The van der Waals surface area contributed by atoms with Gasteiger partial charge in [0.1, 0.15) is 5.60 Å². The second kappa shape index (κ2) is 6.62. The van der Waals surface area contributed by atoms with Crippen LogP contribution in [0.15, 0.2) is 22.6 Å². The molecule has 1 aromatic carbocycles. The summed E-state index contributed by atoms with van der Waals surface area (Å²) in [6.07, 6.45) is -0.648. The molecule has 0 heterocycles. The number of nitrogens with one attached hydrogen (secondary N) is 2. The summed E-state index contributed by atoms with van der Waals surface area (Å²) in [5.41, 5.74) is -0.0202. The van der Waals surface area contributed by atoms with Crippen LogP contribution < -0.4 is 10.6 Å². The third-order valence-corrected chi connectivity index (χ3v) is 2.34. The van der Waals surface area contributed by atoms with Gasteiger partial charge in [0.2, 0.25) is 0 Å². The maximum atomic E-state index is 11.7. The van der Waals surface area contributed by atoms with E-state index < -0.39 is 17.7 Å². The number of carbonyl (C=O) groups excluding carboxylic acids is 2. The van der Waals surface area contributed by atoms with Gasteiger partial charge in [-0.3, -0.25) is 5.32 Å². The Labute approximate surface area is 127 Å². The number of hydrogen-bond donors (Lipinski definition) is 2. The number of anilines is 2. The highest BCUT2D eigenvalue weighted by Gasteiger charge is 2.17. The zero-order chi connectivity index (χ0) is 15.3. The van der Waals surface area contributed by atoms with Crippen molar-refractivity contribution in [1.29, 1.82) is 0 Å². The Bertz CT molecular complexity index is 543. The third kappa shape index (κ3) is 5.50. The lowest BCUT2D eigenvalue weighted by atomic mass is 10.2. The fourth-order valence-corrected chi connectivity index (χ4v) is 1.50. The van der Waals surface area contributed by atoms with Crippen molar-refractivity contribution in [2.45, 2.75) is 26.4 Å². The number of urea groups is 1. The van der Waals surface area contributed by atoms with Gasteiger partial charge in [0.25, 0.3) is 0 Å². The van der Waals surface area contributed by atoms with Gasteiger partial charge in [-0.05, 0) is 39.0 Å². The Hall–Kier alpha value is -1.73. The molecule has 0 saturated heterocycles. The highest BCUT2D eigenvalue weighted by atomic mass is 35.5. The molecule has 0 atom stereocenters. The van der Waals surface area contributed by atoms with Gasteiger partial charge in [-0.1, -0.05) is 11.6 Å². The average molecular weight is 316 g/mol. The van der Waals surface area contributed by atoms with Crippen molar-refractivity contribution in [1.82, 2.24) is 0 Å². The molecule has 6 nitrogen and oxygen atoms in total. The van der Waals surface area contributed by atoms with Crippen LogP contribution in [0, 0.1) is 0 Å². The van der Waals surface area contributed by atoms with Crippen LogP contribution in [0.2, 0.25) is 5.02 Å². The van der Waals surface area contributed by atoms with E-state index in [0.717, 1.165) is 0 Å². The third-order valence-electron chi connectivity index (χ3n) is 1.94. The van der Waals surface area contributed by atoms with Crippen LogP contribution in [0.5, 0.6) is 0 Å². The van der Waals surface area contributed by atoms with Crippen LogP contribution in [-0.4, -0.2) is 17.7 Å². The number of nitrogens with zero attached hydrogens (tertiary/aromatic N) is 1. The molecule has 0 unspecified atom stereocenters. The molecule has 0 aromatic heterocycles. The first kappa shape index (κ1) is 16.3. The van der Waals surface area contributed by atoms with Crippen molar-refractivity contribution >= 4 is 47.5 Å². The summed E-state index contributed by atoms with van der Waals surface area (Å²) >= 11 is 10.1. The van der Waals surface area contributed by atoms with Crippen LogP contribution >= 0.6 is 11.6 Å². The standard InChI is InChI=1S/C12H14ClN3O3S/c1-12(2,3)19-11(18)15-8-5-4-7(13)6-9(8)14-10(17)16-20/h4-6H,1-3H3,(H,14,17)(H,15,18). The molecule has 2 N–H and O–H groups in total. The van der Waals surface area contributed by atoms with Crippen LogP contribution in [0.25, 0.3) is 0 Å². The molecule has 0 aliphatic rings. The minimum Gasteiger partial charge on any atom is -0.444 e. The van der Waals surface area contributed by atoms with E-state index in [1.165, 1.54) is 12.1 Å². The molecule has 0 aliphatic heterocycles. The molecule has 1 aromatic rings. The largest absolute Gasteiger partial charge is 0.444 e. The SMILES string of the molecule is CC(C)(C)OC(=O)Nc1ccc(Cl)cc1NC(=O)N=S. The minimum absolute atomic E-state index is 0.280. The van der Waals surface area contributed by atoms with Gasteiger partial charge in [0.05, 0.1) is 11.4 Å². The van der Waals surface area contributed by atoms with Crippen molar-refractivity contribution in [2.24, 2.45) is 4.36 Å². The van der Waals surface area contributed by atoms with Crippen molar-refractivity contribution in [3.05, 3.63) is 23.2 Å². The van der Waals surface area contributed by atoms with Gasteiger partial charge in [-0.15, -0.1) is 4.36 Å². The van der Waals surface area contributed by atoms with Gasteiger partial charge in [0.15, 0.2) is 0 Å². The maximum absolute atomic E-state index is 11.7. The van der Waals surface area contributed by atoms with Crippen molar-refractivity contribution in [3.63, 3.8) is 0 Å². The van der Waals surface area contributed by atoms with Crippen LogP contribution in [0.3, 0.4) is 0 Å². The van der Waals surface area contributed by atoms with Crippen molar-refractivity contribution in [3.8, 4) is 0 Å². The van der Waals surface area contributed by atoms with Crippen molar-refractivity contribution in [2.75, 3.05) is 10.6 Å². The predicted molar refractivity (Wildman–Crippen MR) is 80.1 cm³/mol. The summed E-state index contributed by atoms with van der Waals surface area (Å²) in [6, 6.07) is 3.83. The van der Waals surface area contributed by atoms with E-state index in [0.29, 0.717) is 10.7 Å². The van der Waals surface area contributed by atoms with Crippen LogP contribution in [0.1, 0.15) is 20.8 Å². The quantitative estimate of drug-likeness (QED) is 0.866. The fraction of sp³-hybridized carbons (Fsp3) is 0.333. The first-order valence-electron chi connectivity index (χ1n) is 5.65. The molecule has 8 heteroatoms. The molecule has 0 radical (unpaired) electrons.